The quantitative estimate of drug-likeness (QED) is 0.651. The maximum absolute atomic E-state index is 13.1. The van der Waals surface area contributed by atoms with Gasteiger partial charge in [-0.05, 0) is 18.1 Å². The van der Waals surface area contributed by atoms with Gasteiger partial charge < -0.3 is 10.8 Å². The number of nitrogens with zero attached hydrogens (tertiary/aromatic N) is 1. The van der Waals surface area contributed by atoms with E-state index in [0.29, 0.717) is 12.4 Å². The van der Waals surface area contributed by atoms with Gasteiger partial charge in [-0.15, -0.1) is 0 Å². The highest BCUT2D eigenvalue weighted by Crippen LogP contribution is 2.26. The molecule has 0 aliphatic carbocycles. The van der Waals surface area contributed by atoms with E-state index in [-0.39, 0.29) is 5.56 Å². The molecule has 122 valence electrons. The van der Waals surface area contributed by atoms with Gasteiger partial charge in [0.1, 0.15) is 5.84 Å². The minimum absolute atomic E-state index is 0.0214. The number of hydrogen-bond donors (Lipinski definition) is 2. The maximum atomic E-state index is 13.1. The number of aliphatic imine (C=N–C) groups is 1. The molecule has 0 radical (unpaired) electrons. The Morgan fingerprint density at radius 1 is 1.13 bits per heavy atom. The van der Waals surface area contributed by atoms with Crippen LogP contribution in [0.5, 0.6) is 0 Å². The molecule has 0 saturated carbocycles. The van der Waals surface area contributed by atoms with Crippen molar-refractivity contribution in [2.45, 2.75) is 32.4 Å². The lowest BCUT2D eigenvalue weighted by Gasteiger charge is -2.10. The second-order valence-electron chi connectivity index (χ2n) is 5.58. The number of amidine groups is 1. The summed E-state index contributed by atoms with van der Waals surface area (Å²) in [5, 5.41) is 9.47. The van der Waals surface area contributed by atoms with Crippen molar-refractivity contribution in [2.75, 3.05) is 0 Å². The Kier molecular flexibility index (Phi) is 5.11. The van der Waals surface area contributed by atoms with E-state index in [9.17, 15) is 13.9 Å². The van der Waals surface area contributed by atoms with Crippen molar-refractivity contribution in [1.82, 2.24) is 0 Å². The van der Waals surface area contributed by atoms with Crippen molar-refractivity contribution in [3.63, 3.8) is 0 Å². The molecule has 0 heterocycles. The third kappa shape index (κ3) is 4.60. The fourth-order valence-corrected chi connectivity index (χ4v) is 2.10. The van der Waals surface area contributed by atoms with Crippen LogP contribution in [0.15, 0.2) is 53.5 Å². The van der Waals surface area contributed by atoms with Crippen molar-refractivity contribution >= 4 is 5.84 Å². The van der Waals surface area contributed by atoms with E-state index in [0.717, 1.165) is 23.6 Å². The number of halogens is 2. The van der Waals surface area contributed by atoms with Gasteiger partial charge in [0.25, 0.3) is 5.92 Å². The first-order valence-corrected chi connectivity index (χ1v) is 7.33. The monoisotopic (exact) mass is 318 g/mol. The molecule has 0 aliphatic rings. The summed E-state index contributed by atoms with van der Waals surface area (Å²) in [4.78, 5) is 4.28. The SMILES string of the molecule is CC(O)c1ccc(C(N)=NCc2ccc(C(C)(F)F)cc2)cc1. The number of nitrogens with two attached hydrogens (primary N) is 1. The summed E-state index contributed by atoms with van der Waals surface area (Å²) in [6.07, 6.45) is -0.530. The van der Waals surface area contributed by atoms with Gasteiger partial charge in [0.2, 0.25) is 0 Å². The molecule has 3 nitrogen and oxygen atoms in total. The van der Waals surface area contributed by atoms with Crippen LogP contribution in [-0.4, -0.2) is 10.9 Å². The van der Waals surface area contributed by atoms with Crippen LogP contribution in [-0.2, 0) is 12.5 Å². The van der Waals surface area contributed by atoms with Crippen LogP contribution in [0.3, 0.4) is 0 Å². The molecule has 0 bridgehead atoms. The Morgan fingerprint density at radius 2 is 1.70 bits per heavy atom. The first-order valence-electron chi connectivity index (χ1n) is 7.33. The fourth-order valence-electron chi connectivity index (χ4n) is 2.10. The standard InChI is InChI=1S/C18H20F2N2O/c1-12(23)14-5-7-15(8-6-14)17(21)22-11-13-3-9-16(10-4-13)18(2,19)20/h3-10,12,23H,11H2,1-2H3,(H2,21,22). The Labute approximate surface area is 134 Å². The molecule has 23 heavy (non-hydrogen) atoms. The van der Waals surface area contributed by atoms with Crippen molar-refractivity contribution in [2.24, 2.45) is 10.7 Å². The Morgan fingerprint density at radius 3 is 2.17 bits per heavy atom. The molecule has 1 atom stereocenters. The average molecular weight is 318 g/mol. The number of hydrogen-bond acceptors (Lipinski definition) is 2. The van der Waals surface area contributed by atoms with E-state index in [1.807, 2.05) is 0 Å². The molecule has 2 aromatic rings. The summed E-state index contributed by atoms with van der Waals surface area (Å²) in [6.45, 7) is 2.88. The molecule has 0 aliphatic heterocycles. The summed E-state index contributed by atoms with van der Waals surface area (Å²) >= 11 is 0. The molecule has 2 rings (SSSR count). The topological polar surface area (TPSA) is 58.6 Å². The lowest BCUT2D eigenvalue weighted by atomic mass is 10.1. The van der Waals surface area contributed by atoms with Crippen molar-refractivity contribution < 1.29 is 13.9 Å². The van der Waals surface area contributed by atoms with Crippen molar-refractivity contribution in [3.05, 3.63) is 70.8 Å². The zero-order valence-electron chi connectivity index (χ0n) is 13.1. The minimum atomic E-state index is -2.84. The van der Waals surface area contributed by atoms with E-state index in [1.54, 1.807) is 43.3 Å². The molecule has 3 N–H and O–H groups in total. The van der Waals surface area contributed by atoms with Crippen LogP contribution in [0.1, 0.15) is 42.2 Å². The summed E-state index contributed by atoms with van der Waals surface area (Å²) in [7, 11) is 0. The smallest absolute Gasteiger partial charge is 0.270 e. The van der Waals surface area contributed by atoms with Gasteiger partial charge in [0, 0.05) is 18.1 Å². The minimum Gasteiger partial charge on any atom is -0.389 e. The maximum Gasteiger partial charge on any atom is 0.270 e. The Hall–Kier alpha value is -2.27. The highest BCUT2D eigenvalue weighted by molar-refractivity contribution is 5.97. The summed E-state index contributed by atoms with van der Waals surface area (Å²) < 4.78 is 26.3. The molecule has 5 heteroatoms. The fraction of sp³-hybridized carbons (Fsp3) is 0.278. The van der Waals surface area contributed by atoms with Crippen LogP contribution < -0.4 is 5.73 Å². The van der Waals surface area contributed by atoms with E-state index >= 15 is 0 Å². The largest absolute Gasteiger partial charge is 0.389 e. The molecular formula is C18H20F2N2O. The van der Waals surface area contributed by atoms with Crippen LogP contribution in [0, 0.1) is 0 Å². The van der Waals surface area contributed by atoms with Crippen LogP contribution in [0.2, 0.25) is 0 Å². The van der Waals surface area contributed by atoms with Gasteiger partial charge in [-0.1, -0.05) is 48.5 Å². The Balaban J connectivity index is 2.07. The second-order valence-corrected chi connectivity index (χ2v) is 5.58. The molecule has 0 spiro atoms. The number of benzene rings is 2. The number of aliphatic hydroxyl groups excluding tert-OH is 1. The normalized spacial score (nSPS) is 13.9. The zero-order valence-corrected chi connectivity index (χ0v) is 13.1. The van der Waals surface area contributed by atoms with Gasteiger partial charge >= 0.3 is 0 Å². The van der Waals surface area contributed by atoms with Gasteiger partial charge in [-0.25, -0.2) is 8.78 Å². The lowest BCUT2D eigenvalue weighted by molar-refractivity contribution is 0.0174. The predicted octanol–water partition coefficient (Wildman–Crippen LogP) is 3.76. The molecular weight excluding hydrogens is 298 g/mol. The highest BCUT2D eigenvalue weighted by atomic mass is 19.3. The summed E-state index contributed by atoms with van der Waals surface area (Å²) in [5.41, 5.74) is 8.28. The van der Waals surface area contributed by atoms with E-state index in [1.165, 1.54) is 12.1 Å². The van der Waals surface area contributed by atoms with Gasteiger partial charge in [-0.3, -0.25) is 4.99 Å². The molecule has 1 unspecified atom stereocenters. The van der Waals surface area contributed by atoms with Gasteiger partial charge in [0.05, 0.1) is 12.6 Å². The van der Waals surface area contributed by atoms with Gasteiger partial charge in [-0.2, -0.15) is 0 Å². The van der Waals surface area contributed by atoms with Crippen LogP contribution in [0.25, 0.3) is 0 Å². The number of alkyl halides is 2. The number of rotatable bonds is 5. The molecule has 0 fully saturated rings. The molecule has 0 saturated heterocycles. The van der Waals surface area contributed by atoms with Crippen LogP contribution >= 0.6 is 0 Å². The van der Waals surface area contributed by atoms with E-state index in [2.05, 4.69) is 4.99 Å². The summed E-state index contributed by atoms with van der Waals surface area (Å²) in [6, 6.07) is 13.2. The number of aliphatic hydroxyl groups is 1. The zero-order chi connectivity index (χ0) is 17.0. The lowest BCUT2D eigenvalue weighted by Crippen LogP contribution is -2.13. The summed E-state index contributed by atoms with van der Waals surface area (Å²) in [5.74, 6) is -2.47. The first-order chi connectivity index (χ1) is 10.8. The van der Waals surface area contributed by atoms with E-state index < -0.39 is 12.0 Å². The van der Waals surface area contributed by atoms with Crippen LogP contribution in [0.4, 0.5) is 8.78 Å². The molecule has 0 aromatic heterocycles. The molecule has 2 aromatic carbocycles. The van der Waals surface area contributed by atoms with Crippen molar-refractivity contribution in [3.8, 4) is 0 Å². The highest BCUT2D eigenvalue weighted by Gasteiger charge is 2.23. The first kappa shape index (κ1) is 17.1. The Bertz CT molecular complexity index is 672. The molecule has 0 amide bonds. The predicted molar refractivity (Wildman–Crippen MR) is 87.5 cm³/mol. The third-order valence-electron chi connectivity index (χ3n) is 3.58. The second kappa shape index (κ2) is 6.87. The van der Waals surface area contributed by atoms with Crippen molar-refractivity contribution in [1.29, 1.82) is 0 Å². The van der Waals surface area contributed by atoms with E-state index in [4.69, 9.17) is 5.73 Å². The third-order valence-corrected chi connectivity index (χ3v) is 3.58. The average Bonchev–Trinajstić information content (AvgIpc) is 2.52. The van der Waals surface area contributed by atoms with Gasteiger partial charge in [0.15, 0.2) is 0 Å².